The average molecular weight is 556 g/mol. The number of likely N-dealkylation sites (tertiary alicyclic amines) is 1. The van der Waals surface area contributed by atoms with Crippen LogP contribution in [0.1, 0.15) is 109 Å². The topological polar surface area (TPSA) is 130 Å². The highest BCUT2D eigenvalue weighted by atomic mass is 16.6. The summed E-state index contributed by atoms with van der Waals surface area (Å²) < 4.78 is 10.9. The van der Waals surface area contributed by atoms with E-state index in [1.165, 1.54) is 56.9 Å². The van der Waals surface area contributed by atoms with Crippen LogP contribution in [0, 0.1) is 0 Å². The molecule has 10 heteroatoms. The Balaban J connectivity index is 1.56. The van der Waals surface area contributed by atoms with Gasteiger partial charge in [0.05, 0.1) is 5.92 Å². The molecule has 2 heterocycles. The number of carbonyl (C=O) groups excluding carboxylic acids is 1. The van der Waals surface area contributed by atoms with Crippen molar-refractivity contribution in [3.8, 4) is 11.4 Å². The molecular formula is C30H45N5O5. The lowest BCUT2D eigenvalue weighted by Crippen LogP contribution is -2.48. The molecule has 0 spiro atoms. The van der Waals surface area contributed by atoms with Gasteiger partial charge in [0.15, 0.2) is 0 Å². The van der Waals surface area contributed by atoms with Crippen LogP contribution in [-0.2, 0) is 11.2 Å². The fraction of sp³-hybridized carbons (Fsp3) is 0.633. The van der Waals surface area contributed by atoms with Gasteiger partial charge >= 0.3 is 12.2 Å². The molecule has 0 unspecified atom stereocenters. The van der Waals surface area contributed by atoms with Gasteiger partial charge in [0.2, 0.25) is 17.7 Å². The van der Waals surface area contributed by atoms with E-state index in [1.54, 1.807) is 25.7 Å². The smallest absolute Gasteiger partial charge is 0.437 e. The van der Waals surface area contributed by atoms with Crippen molar-refractivity contribution in [1.82, 2.24) is 20.4 Å². The molecule has 2 amide bonds. The van der Waals surface area contributed by atoms with Gasteiger partial charge in [-0.3, -0.25) is 5.32 Å². The van der Waals surface area contributed by atoms with Gasteiger partial charge in [-0.15, -0.1) is 4.99 Å². The molecule has 1 aromatic carbocycles. The molecule has 0 bridgehead atoms. The van der Waals surface area contributed by atoms with Crippen LogP contribution in [-0.4, -0.2) is 57.0 Å². The standard InChI is InChI=1S/C30H45N5O5/c1-5-6-7-8-9-10-11-12-14-22-16-18-23(19-17-22)25-31-26(40-34-25)24-15-13-20-35(21-24)27(32-28(36)37)33-29(38)39-30(2,3)4/h16-19,24H,5-15,20-21H2,1-4H3,(H,36,37)(H,32,33,38)/t24-/m1/s1. The lowest BCUT2D eigenvalue weighted by Gasteiger charge is -2.32. The quantitative estimate of drug-likeness (QED) is 0.170. The van der Waals surface area contributed by atoms with Gasteiger partial charge in [-0.1, -0.05) is 81.3 Å². The maximum atomic E-state index is 12.3. The zero-order chi connectivity index (χ0) is 29.0. The number of ether oxygens (including phenoxy) is 1. The first-order chi connectivity index (χ1) is 19.1. The van der Waals surface area contributed by atoms with Crippen LogP contribution in [0.2, 0.25) is 0 Å². The molecule has 2 aromatic rings. The van der Waals surface area contributed by atoms with Crippen molar-refractivity contribution < 1.29 is 24.0 Å². The molecule has 0 aliphatic carbocycles. The molecule has 1 saturated heterocycles. The number of hydrogen-bond acceptors (Lipinski definition) is 6. The lowest BCUT2D eigenvalue weighted by molar-refractivity contribution is 0.0600. The highest BCUT2D eigenvalue weighted by Crippen LogP contribution is 2.28. The van der Waals surface area contributed by atoms with Crippen LogP contribution >= 0.6 is 0 Å². The Morgan fingerprint density at radius 1 is 1.10 bits per heavy atom. The summed E-state index contributed by atoms with van der Waals surface area (Å²) in [5, 5.41) is 15.7. The molecular weight excluding hydrogens is 510 g/mol. The van der Waals surface area contributed by atoms with E-state index in [0.717, 1.165) is 24.8 Å². The first-order valence-electron chi connectivity index (χ1n) is 14.6. The van der Waals surface area contributed by atoms with E-state index < -0.39 is 17.8 Å². The van der Waals surface area contributed by atoms with Crippen molar-refractivity contribution in [1.29, 1.82) is 0 Å². The number of benzene rings is 1. The molecule has 0 radical (unpaired) electrons. The summed E-state index contributed by atoms with van der Waals surface area (Å²) in [4.78, 5) is 33.9. The minimum Gasteiger partial charge on any atom is -0.465 e. The van der Waals surface area contributed by atoms with Crippen molar-refractivity contribution >= 4 is 18.1 Å². The van der Waals surface area contributed by atoms with Gasteiger partial charge in [-0.2, -0.15) is 4.98 Å². The number of aromatic nitrogens is 2. The van der Waals surface area contributed by atoms with Crippen LogP contribution in [0.25, 0.3) is 11.4 Å². The van der Waals surface area contributed by atoms with E-state index >= 15 is 0 Å². The van der Waals surface area contributed by atoms with Crippen LogP contribution in [0.4, 0.5) is 9.59 Å². The molecule has 220 valence electrons. The molecule has 1 fully saturated rings. The summed E-state index contributed by atoms with van der Waals surface area (Å²) in [6, 6.07) is 8.33. The van der Waals surface area contributed by atoms with E-state index in [9.17, 15) is 14.7 Å². The zero-order valence-corrected chi connectivity index (χ0v) is 24.4. The Labute approximate surface area is 237 Å². The number of carbonyl (C=O) groups is 2. The Morgan fingerprint density at radius 3 is 2.42 bits per heavy atom. The summed E-state index contributed by atoms with van der Waals surface area (Å²) >= 11 is 0. The van der Waals surface area contributed by atoms with Gasteiger partial charge in [0.1, 0.15) is 5.60 Å². The van der Waals surface area contributed by atoms with E-state index in [2.05, 4.69) is 39.5 Å². The van der Waals surface area contributed by atoms with Crippen molar-refractivity contribution in [2.75, 3.05) is 13.1 Å². The Bertz CT molecular complexity index is 1110. The Morgan fingerprint density at radius 2 is 1.77 bits per heavy atom. The molecule has 1 aliphatic rings. The molecule has 0 saturated carbocycles. The number of piperidine rings is 1. The summed E-state index contributed by atoms with van der Waals surface area (Å²) in [7, 11) is 0. The third-order valence-electron chi connectivity index (χ3n) is 6.85. The summed E-state index contributed by atoms with van der Waals surface area (Å²) in [5.41, 5.74) is 1.46. The van der Waals surface area contributed by atoms with Crippen molar-refractivity contribution in [3.63, 3.8) is 0 Å². The third kappa shape index (κ3) is 10.6. The summed E-state index contributed by atoms with van der Waals surface area (Å²) in [5.74, 6) is 0.806. The molecule has 3 rings (SSSR count). The SMILES string of the molecule is CCCCCCCCCCc1ccc(-c2noc([C@@H]3CCCN(C(=NC(=O)OC(C)(C)C)NC(=O)O)C3)n2)cc1. The highest BCUT2D eigenvalue weighted by Gasteiger charge is 2.29. The predicted molar refractivity (Wildman–Crippen MR) is 154 cm³/mol. The molecule has 1 aromatic heterocycles. The van der Waals surface area contributed by atoms with Gasteiger partial charge in [-0.05, 0) is 52.0 Å². The van der Waals surface area contributed by atoms with Crippen LogP contribution in [0.15, 0.2) is 33.8 Å². The molecule has 40 heavy (non-hydrogen) atoms. The molecule has 1 aliphatic heterocycles. The summed E-state index contributed by atoms with van der Waals surface area (Å²) in [6.07, 6.45) is 10.9. The second-order valence-electron chi connectivity index (χ2n) is 11.5. The number of nitrogens with one attached hydrogen (secondary N) is 1. The molecule has 2 N–H and O–H groups in total. The van der Waals surface area contributed by atoms with Crippen LogP contribution in [0.5, 0.6) is 0 Å². The van der Waals surface area contributed by atoms with Gasteiger partial charge in [-0.25, -0.2) is 9.59 Å². The monoisotopic (exact) mass is 555 g/mol. The normalized spacial score (nSPS) is 16.1. The Kier molecular flexibility index (Phi) is 12.0. The first kappa shape index (κ1) is 31.1. The zero-order valence-electron chi connectivity index (χ0n) is 24.4. The van der Waals surface area contributed by atoms with Crippen LogP contribution < -0.4 is 5.32 Å². The fourth-order valence-corrected chi connectivity index (χ4v) is 4.82. The van der Waals surface area contributed by atoms with Gasteiger partial charge in [0.25, 0.3) is 0 Å². The largest absolute Gasteiger partial charge is 0.465 e. The van der Waals surface area contributed by atoms with Crippen molar-refractivity contribution in [2.24, 2.45) is 4.99 Å². The molecule has 10 nitrogen and oxygen atoms in total. The van der Waals surface area contributed by atoms with Crippen molar-refractivity contribution in [2.45, 2.75) is 110 Å². The predicted octanol–water partition coefficient (Wildman–Crippen LogP) is 7.16. The van der Waals surface area contributed by atoms with Gasteiger partial charge < -0.3 is 19.3 Å². The fourth-order valence-electron chi connectivity index (χ4n) is 4.82. The minimum atomic E-state index is -1.31. The number of amides is 2. The minimum absolute atomic E-state index is 0.0710. The first-order valence-corrected chi connectivity index (χ1v) is 14.6. The number of carboxylic acid groups (broad SMARTS) is 1. The van der Waals surface area contributed by atoms with E-state index in [4.69, 9.17) is 9.26 Å². The van der Waals surface area contributed by atoms with Crippen LogP contribution in [0.3, 0.4) is 0 Å². The average Bonchev–Trinajstić information content (AvgIpc) is 3.39. The second kappa shape index (κ2) is 15.4. The number of rotatable bonds is 11. The lowest BCUT2D eigenvalue weighted by atomic mass is 9.98. The van der Waals surface area contributed by atoms with E-state index in [0.29, 0.717) is 24.8 Å². The number of hydrogen-bond donors (Lipinski definition) is 2. The van der Waals surface area contributed by atoms with Gasteiger partial charge in [0, 0.05) is 18.7 Å². The van der Waals surface area contributed by atoms with E-state index in [1.807, 2.05) is 12.1 Å². The highest BCUT2D eigenvalue weighted by molar-refractivity contribution is 5.98. The second-order valence-corrected chi connectivity index (χ2v) is 11.5. The molecule has 1 atom stereocenters. The number of guanidine groups is 1. The number of nitrogens with zero attached hydrogens (tertiary/aromatic N) is 4. The maximum absolute atomic E-state index is 12.3. The summed E-state index contributed by atoms with van der Waals surface area (Å²) in [6.45, 7) is 8.32. The number of aryl methyl sites for hydroxylation is 1. The maximum Gasteiger partial charge on any atom is 0.437 e. The number of unbranched alkanes of at least 4 members (excludes halogenated alkanes) is 7. The number of aliphatic imine (C=N–C) groups is 1. The van der Waals surface area contributed by atoms with E-state index in [-0.39, 0.29) is 11.9 Å². The van der Waals surface area contributed by atoms with Crippen molar-refractivity contribution in [3.05, 3.63) is 35.7 Å². The third-order valence-corrected chi connectivity index (χ3v) is 6.85. The Hall–Kier alpha value is -3.43.